The van der Waals surface area contributed by atoms with Crippen molar-refractivity contribution in [3.8, 4) is 5.75 Å². The Hall–Kier alpha value is -3.93. The second kappa shape index (κ2) is 9.91. The molecule has 174 valence electrons. The van der Waals surface area contributed by atoms with Crippen molar-refractivity contribution in [1.82, 2.24) is 9.88 Å². The monoisotopic (exact) mass is 456 g/mol. The Balaban J connectivity index is 1.84. The summed E-state index contributed by atoms with van der Waals surface area (Å²) in [5, 5.41) is 11.3. The number of carbonyl (C=O) groups is 2. The third-order valence-corrected chi connectivity index (χ3v) is 5.98. The van der Waals surface area contributed by atoms with Crippen molar-refractivity contribution in [3.05, 3.63) is 101 Å². The van der Waals surface area contributed by atoms with Crippen molar-refractivity contribution in [1.29, 1.82) is 0 Å². The second-order valence-electron chi connectivity index (χ2n) is 8.56. The van der Waals surface area contributed by atoms with Crippen LogP contribution in [0.1, 0.15) is 55.0 Å². The van der Waals surface area contributed by atoms with Gasteiger partial charge >= 0.3 is 0 Å². The maximum Gasteiger partial charge on any atom is 0.295 e. The van der Waals surface area contributed by atoms with Crippen LogP contribution in [0.3, 0.4) is 0 Å². The molecule has 0 spiro atoms. The zero-order valence-corrected chi connectivity index (χ0v) is 19.6. The fourth-order valence-corrected chi connectivity index (χ4v) is 4.19. The number of likely N-dealkylation sites (tertiary alicyclic amines) is 1. The molecule has 6 heteroatoms. The van der Waals surface area contributed by atoms with Gasteiger partial charge in [0.1, 0.15) is 11.5 Å². The Morgan fingerprint density at radius 2 is 1.76 bits per heavy atom. The van der Waals surface area contributed by atoms with E-state index < -0.39 is 17.7 Å². The maximum absolute atomic E-state index is 13.2. The van der Waals surface area contributed by atoms with Gasteiger partial charge in [-0.05, 0) is 53.8 Å². The summed E-state index contributed by atoms with van der Waals surface area (Å²) in [7, 11) is 0. The normalized spacial score (nSPS) is 17.4. The fraction of sp³-hybridized carbons (Fsp3) is 0.250. The van der Waals surface area contributed by atoms with Crippen LogP contribution in [0.4, 0.5) is 0 Å². The Labute approximate surface area is 199 Å². The van der Waals surface area contributed by atoms with Crippen LogP contribution in [0.5, 0.6) is 5.75 Å². The van der Waals surface area contributed by atoms with Gasteiger partial charge in [0.2, 0.25) is 0 Å². The third-order valence-electron chi connectivity index (χ3n) is 5.98. The van der Waals surface area contributed by atoms with E-state index in [2.05, 4.69) is 18.8 Å². The molecule has 0 aliphatic carbocycles. The molecule has 1 aromatic heterocycles. The number of Topliss-reactive ketones (excluding diaryl/α,β-unsaturated/α-hetero) is 1. The third kappa shape index (κ3) is 4.57. The van der Waals surface area contributed by atoms with Crippen molar-refractivity contribution in [2.45, 2.75) is 39.3 Å². The standard InChI is InChI=1S/C28H28N2O4/c1-4-34-23-7-5-6-22(16-23)26(31)24-25(21-10-8-20(9-11-21)18(2)3)30(28(33)27(24)32)17-19-12-14-29-15-13-19/h5-16,18,25,31H,4,17H2,1-3H3. The molecule has 1 unspecified atom stereocenters. The number of carbonyl (C=O) groups excluding carboxylic acids is 2. The number of ether oxygens (including phenoxy) is 1. The Bertz CT molecular complexity index is 1220. The first kappa shape index (κ1) is 23.2. The number of amides is 1. The van der Waals surface area contributed by atoms with Crippen molar-refractivity contribution in [2.24, 2.45) is 0 Å². The van der Waals surface area contributed by atoms with E-state index >= 15 is 0 Å². The molecule has 1 aliphatic heterocycles. The van der Waals surface area contributed by atoms with Crippen molar-refractivity contribution < 1.29 is 19.4 Å². The van der Waals surface area contributed by atoms with E-state index in [1.165, 1.54) is 4.90 Å². The van der Waals surface area contributed by atoms with Crippen LogP contribution in [-0.2, 0) is 16.1 Å². The second-order valence-corrected chi connectivity index (χ2v) is 8.56. The number of aromatic nitrogens is 1. The van der Waals surface area contributed by atoms with Gasteiger partial charge in [-0.15, -0.1) is 0 Å². The summed E-state index contributed by atoms with van der Waals surface area (Å²) < 4.78 is 5.55. The van der Waals surface area contributed by atoms with Crippen LogP contribution in [-0.4, -0.2) is 33.3 Å². The van der Waals surface area contributed by atoms with Gasteiger partial charge in [-0.3, -0.25) is 14.6 Å². The van der Waals surface area contributed by atoms with Gasteiger partial charge < -0.3 is 14.7 Å². The Morgan fingerprint density at radius 1 is 1.06 bits per heavy atom. The maximum atomic E-state index is 13.2. The number of hydrogen-bond donors (Lipinski definition) is 1. The summed E-state index contributed by atoms with van der Waals surface area (Å²) in [6.07, 6.45) is 3.30. The predicted octanol–water partition coefficient (Wildman–Crippen LogP) is 5.23. The molecule has 6 nitrogen and oxygen atoms in total. The molecule has 1 atom stereocenters. The summed E-state index contributed by atoms with van der Waals surface area (Å²) >= 11 is 0. The highest BCUT2D eigenvalue weighted by atomic mass is 16.5. The first-order valence-electron chi connectivity index (χ1n) is 11.4. The Kier molecular flexibility index (Phi) is 6.77. The van der Waals surface area contributed by atoms with Crippen LogP contribution < -0.4 is 4.74 Å². The Morgan fingerprint density at radius 3 is 2.41 bits per heavy atom. The number of pyridine rings is 1. The van der Waals surface area contributed by atoms with Gasteiger partial charge in [0.25, 0.3) is 11.7 Å². The minimum atomic E-state index is -0.717. The first-order valence-corrected chi connectivity index (χ1v) is 11.4. The minimum absolute atomic E-state index is 0.0741. The number of aliphatic hydroxyl groups is 1. The molecule has 1 N–H and O–H groups in total. The zero-order chi connectivity index (χ0) is 24.2. The van der Waals surface area contributed by atoms with Gasteiger partial charge in [-0.2, -0.15) is 0 Å². The molecular weight excluding hydrogens is 428 g/mol. The quantitative estimate of drug-likeness (QED) is 0.299. The number of rotatable bonds is 7. The number of hydrogen-bond acceptors (Lipinski definition) is 5. The van der Waals surface area contributed by atoms with E-state index in [1.807, 2.05) is 43.3 Å². The van der Waals surface area contributed by atoms with Crippen molar-refractivity contribution in [3.63, 3.8) is 0 Å². The van der Waals surface area contributed by atoms with Gasteiger partial charge in [0.15, 0.2) is 0 Å². The van der Waals surface area contributed by atoms with Crippen molar-refractivity contribution >= 4 is 17.4 Å². The molecule has 0 radical (unpaired) electrons. The molecule has 3 aromatic rings. The topological polar surface area (TPSA) is 79.7 Å². The van der Waals surface area contributed by atoms with Crippen LogP contribution in [0, 0.1) is 0 Å². The number of nitrogens with zero attached hydrogens (tertiary/aromatic N) is 2. The molecule has 0 saturated carbocycles. The van der Waals surface area contributed by atoms with Crippen LogP contribution >= 0.6 is 0 Å². The fourth-order valence-electron chi connectivity index (χ4n) is 4.19. The van der Waals surface area contributed by atoms with Gasteiger partial charge in [0.05, 0.1) is 18.2 Å². The lowest BCUT2D eigenvalue weighted by molar-refractivity contribution is -0.140. The average molecular weight is 457 g/mol. The van der Waals surface area contributed by atoms with E-state index in [0.717, 1.165) is 16.7 Å². The highest BCUT2D eigenvalue weighted by molar-refractivity contribution is 6.46. The van der Waals surface area contributed by atoms with E-state index in [9.17, 15) is 14.7 Å². The van der Waals surface area contributed by atoms with Crippen LogP contribution in [0.2, 0.25) is 0 Å². The summed E-state index contributed by atoms with van der Waals surface area (Å²) in [4.78, 5) is 32.0. The number of benzene rings is 2. The highest BCUT2D eigenvalue weighted by Gasteiger charge is 2.46. The summed E-state index contributed by atoms with van der Waals surface area (Å²) in [6, 6.07) is 17.7. The van der Waals surface area contributed by atoms with E-state index in [0.29, 0.717) is 23.8 Å². The average Bonchev–Trinajstić information content (AvgIpc) is 3.09. The first-order chi connectivity index (χ1) is 16.4. The molecule has 1 aliphatic rings. The van der Waals surface area contributed by atoms with Crippen LogP contribution in [0.15, 0.2) is 78.6 Å². The lowest BCUT2D eigenvalue weighted by Gasteiger charge is -2.26. The summed E-state index contributed by atoms with van der Waals surface area (Å²) in [6.45, 7) is 6.78. The van der Waals surface area contributed by atoms with Crippen molar-refractivity contribution in [2.75, 3.05) is 6.61 Å². The number of aliphatic hydroxyl groups excluding tert-OH is 1. The smallest absolute Gasteiger partial charge is 0.295 e. The van der Waals surface area contributed by atoms with Crippen LogP contribution in [0.25, 0.3) is 5.76 Å². The minimum Gasteiger partial charge on any atom is -0.507 e. The largest absolute Gasteiger partial charge is 0.507 e. The molecule has 2 heterocycles. The van der Waals surface area contributed by atoms with E-state index in [-0.39, 0.29) is 17.9 Å². The molecule has 1 fully saturated rings. The molecule has 4 rings (SSSR count). The van der Waals surface area contributed by atoms with Gasteiger partial charge in [0, 0.05) is 24.5 Å². The van der Waals surface area contributed by atoms with Gasteiger partial charge in [-0.1, -0.05) is 50.2 Å². The molecule has 1 saturated heterocycles. The lowest BCUT2D eigenvalue weighted by atomic mass is 9.93. The molecule has 2 aromatic carbocycles. The lowest BCUT2D eigenvalue weighted by Crippen LogP contribution is -2.29. The summed E-state index contributed by atoms with van der Waals surface area (Å²) in [5.74, 6) is -0.632. The molecule has 34 heavy (non-hydrogen) atoms. The number of ketones is 1. The summed E-state index contributed by atoms with van der Waals surface area (Å²) in [5.41, 5.74) is 3.26. The SMILES string of the molecule is CCOc1cccc(C(O)=C2C(=O)C(=O)N(Cc3ccncc3)C2c2ccc(C(C)C)cc2)c1. The molecule has 1 amide bonds. The van der Waals surface area contributed by atoms with Gasteiger partial charge in [-0.25, -0.2) is 0 Å². The highest BCUT2D eigenvalue weighted by Crippen LogP contribution is 2.40. The zero-order valence-electron chi connectivity index (χ0n) is 19.6. The van der Waals surface area contributed by atoms with E-state index in [1.54, 1.807) is 36.7 Å². The molecule has 0 bridgehead atoms. The molecular formula is C28H28N2O4. The predicted molar refractivity (Wildman–Crippen MR) is 130 cm³/mol. The van der Waals surface area contributed by atoms with E-state index in [4.69, 9.17) is 4.74 Å².